The molecule has 9 nitrogen and oxygen atoms in total. The van der Waals surface area contributed by atoms with Crippen LogP contribution in [-0.4, -0.2) is 54.3 Å². The van der Waals surface area contributed by atoms with Crippen molar-refractivity contribution in [3.05, 3.63) is 41.9 Å². The van der Waals surface area contributed by atoms with E-state index in [4.69, 9.17) is 14.2 Å². The first-order chi connectivity index (χ1) is 12.6. The van der Waals surface area contributed by atoms with Crippen molar-refractivity contribution >= 4 is 17.6 Å². The van der Waals surface area contributed by atoms with E-state index in [1.807, 2.05) is 19.2 Å². The zero-order valence-electron chi connectivity index (χ0n) is 14.6. The number of rotatable bonds is 4. The molecule has 136 valence electrons. The molecule has 0 radical (unpaired) electrons. The molecule has 0 unspecified atom stereocenters. The van der Waals surface area contributed by atoms with Gasteiger partial charge >= 0.3 is 11.9 Å². The predicted octanol–water partition coefficient (Wildman–Crippen LogP) is 0.876. The van der Waals surface area contributed by atoms with Gasteiger partial charge in [0.05, 0.1) is 26.4 Å². The molecule has 9 heteroatoms. The minimum atomic E-state index is -0.634. The van der Waals surface area contributed by atoms with E-state index in [-0.39, 0.29) is 24.6 Å². The summed E-state index contributed by atoms with van der Waals surface area (Å²) in [5.41, 5.74) is 1.75. The summed E-state index contributed by atoms with van der Waals surface area (Å²) in [6.07, 6.45) is 1.61. The molecule has 26 heavy (non-hydrogen) atoms. The molecule has 2 heterocycles. The summed E-state index contributed by atoms with van der Waals surface area (Å²) >= 11 is 0. The average Bonchev–Trinajstić information content (AvgIpc) is 3.12. The van der Waals surface area contributed by atoms with Crippen LogP contribution < -0.4 is 4.90 Å². The van der Waals surface area contributed by atoms with Crippen LogP contribution in [0.25, 0.3) is 11.4 Å². The highest BCUT2D eigenvalue weighted by molar-refractivity contribution is 6.03. The minimum Gasteiger partial charge on any atom is -0.466 e. The van der Waals surface area contributed by atoms with E-state index in [0.717, 1.165) is 5.56 Å². The molecular weight excluding hydrogens is 340 g/mol. The van der Waals surface area contributed by atoms with E-state index in [9.17, 15) is 9.59 Å². The molecule has 0 fully saturated rings. The number of aryl methyl sites for hydroxylation is 1. The number of methoxy groups -OCH3 is 2. The summed E-state index contributed by atoms with van der Waals surface area (Å²) in [6.45, 7) is 0.0822. The maximum Gasteiger partial charge on any atom is 0.355 e. The van der Waals surface area contributed by atoms with Crippen molar-refractivity contribution in [2.45, 2.75) is 0 Å². The van der Waals surface area contributed by atoms with Crippen molar-refractivity contribution in [3.63, 3.8) is 0 Å². The molecule has 0 saturated heterocycles. The number of esters is 2. The van der Waals surface area contributed by atoms with Gasteiger partial charge in [-0.1, -0.05) is 0 Å². The van der Waals surface area contributed by atoms with Crippen molar-refractivity contribution < 1.29 is 23.8 Å². The average molecular weight is 358 g/mol. The number of anilines is 1. The van der Waals surface area contributed by atoms with Crippen molar-refractivity contribution in [3.8, 4) is 11.4 Å². The second-order valence-electron chi connectivity index (χ2n) is 5.53. The third kappa shape index (κ3) is 3.16. The van der Waals surface area contributed by atoms with Gasteiger partial charge in [-0.05, 0) is 24.3 Å². The Balaban J connectivity index is 1.99. The molecule has 0 saturated carbocycles. The van der Waals surface area contributed by atoms with Gasteiger partial charge in [0, 0.05) is 18.3 Å². The summed E-state index contributed by atoms with van der Waals surface area (Å²) in [6, 6.07) is 7.30. The monoisotopic (exact) mass is 358 g/mol. The molecule has 3 rings (SSSR count). The van der Waals surface area contributed by atoms with Gasteiger partial charge in [0.1, 0.15) is 18.8 Å². The minimum absolute atomic E-state index is 0.0232. The maximum absolute atomic E-state index is 12.3. The van der Waals surface area contributed by atoms with Crippen LogP contribution in [0.5, 0.6) is 0 Å². The van der Waals surface area contributed by atoms with Crippen LogP contribution in [-0.2, 0) is 30.8 Å². The van der Waals surface area contributed by atoms with Gasteiger partial charge in [0.15, 0.2) is 5.82 Å². The standard InChI is InChI=1S/C17H18N4O5/c1-20-9-18-19-15(20)11-4-6-12(7-5-11)21-10-26-8-13(16(22)24-2)14(21)17(23)25-3/h4-7,9H,8,10H2,1-3H3. The fourth-order valence-electron chi connectivity index (χ4n) is 2.68. The Morgan fingerprint density at radius 3 is 2.38 bits per heavy atom. The van der Waals surface area contributed by atoms with Gasteiger partial charge in [0.25, 0.3) is 0 Å². The molecule has 0 spiro atoms. The highest BCUT2D eigenvalue weighted by Crippen LogP contribution is 2.28. The summed E-state index contributed by atoms with van der Waals surface area (Å²) in [5.74, 6) is -0.553. The van der Waals surface area contributed by atoms with Crippen LogP contribution in [0.3, 0.4) is 0 Å². The van der Waals surface area contributed by atoms with Crippen LogP contribution in [0.1, 0.15) is 0 Å². The number of aromatic nitrogens is 3. The van der Waals surface area contributed by atoms with Gasteiger partial charge < -0.3 is 23.7 Å². The van der Waals surface area contributed by atoms with E-state index >= 15 is 0 Å². The summed E-state index contributed by atoms with van der Waals surface area (Å²) in [5, 5.41) is 7.92. The molecule has 0 atom stereocenters. The fourth-order valence-corrected chi connectivity index (χ4v) is 2.68. The first-order valence-electron chi connectivity index (χ1n) is 7.76. The van der Waals surface area contributed by atoms with Gasteiger partial charge in [-0.15, -0.1) is 10.2 Å². The molecule has 0 N–H and O–H groups in total. The first-order valence-corrected chi connectivity index (χ1v) is 7.76. The van der Waals surface area contributed by atoms with Crippen molar-refractivity contribution in [1.82, 2.24) is 14.8 Å². The van der Waals surface area contributed by atoms with Crippen LogP contribution in [0.4, 0.5) is 5.69 Å². The SMILES string of the molecule is COC(=O)C1=C(C(=O)OC)N(c2ccc(-c3nncn3C)cc2)COC1. The predicted molar refractivity (Wildman–Crippen MR) is 90.8 cm³/mol. The van der Waals surface area contributed by atoms with Crippen molar-refractivity contribution in [2.24, 2.45) is 7.05 Å². The summed E-state index contributed by atoms with van der Waals surface area (Å²) in [7, 11) is 4.36. The van der Waals surface area contributed by atoms with Crippen molar-refractivity contribution in [1.29, 1.82) is 0 Å². The third-order valence-corrected chi connectivity index (χ3v) is 3.98. The number of benzene rings is 1. The number of hydrogen-bond donors (Lipinski definition) is 0. The molecule has 0 bridgehead atoms. The first kappa shape index (κ1) is 17.6. The lowest BCUT2D eigenvalue weighted by Crippen LogP contribution is -2.38. The van der Waals surface area contributed by atoms with E-state index in [1.165, 1.54) is 14.2 Å². The van der Waals surface area contributed by atoms with E-state index in [0.29, 0.717) is 11.5 Å². The zero-order chi connectivity index (χ0) is 18.7. The molecule has 1 aliphatic heterocycles. The molecular formula is C17H18N4O5. The number of nitrogens with zero attached hydrogens (tertiary/aromatic N) is 4. The van der Waals surface area contributed by atoms with Gasteiger partial charge in [-0.2, -0.15) is 0 Å². The Bertz CT molecular complexity index is 856. The molecule has 1 aromatic carbocycles. The lowest BCUT2D eigenvalue weighted by atomic mass is 10.1. The highest BCUT2D eigenvalue weighted by atomic mass is 16.5. The number of carbonyl (C=O) groups is 2. The Kier molecular flexibility index (Phi) is 4.99. The Labute approximate surface area is 149 Å². The smallest absolute Gasteiger partial charge is 0.355 e. The highest BCUT2D eigenvalue weighted by Gasteiger charge is 2.32. The lowest BCUT2D eigenvalue weighted by molar-refractivity contribution is -0.140. The van der Waals surface area contributed by atoms with Crippen molar-refractivity contribution in [2.75, 3.05) is 32.5 Å². The maximum atomic E-state index is 12.3. The van der Waals surface area contributed by atoms with Crippen LogP contribution in [0, 0.1) is 0 Å². The van der Waals surface area contributed by atoms with Gasteiger partial charge in [0.2, 0.25) is 0 Å². The summed E-state index contributed by atoms with van der Waals surface area (Å²) in [4.78, 5) is 25.9. The fraction of sp³-hybridized carbons (Fsp3) is 0.294. The van der Waals surface area contributed by atoms with Gasteiger partial charge in [-0.25, -0.2) is 9.59 Å². The van der Waals surface area contributed by atoms with E-state index in [1.54, 1.807) is 27.9 Å². The molecule has 0 aliphatic carbocycles. The molecule has 1 aromatic heterocycles. The molecule has 0 amide bonds. The Hall–Kier alpha value is -3.20. The quantitative estimate of drug-likeness (QED) is 0.743. The normalized spacial score (nSPS) is 14.3. The Morgan fingerprint density at radius 1 is 1.12 bits per heavy atom. The van der Waals surface area contributed by atoms with Gasteiger partial charge in [-0.3, -0.25) is 0 Å². The van der Waals surface area contributed by atoms with E-state index in [2.05, 4.69) is 10.2 Å². The Morgan fingerprint density at radius 2 is 1.81 bits per heavy atom. The molecule has 1 aliphatic rings. The number of carbonyl (C=O) groups excluding carboxylic acids is 2. The zero-order valence-corrected chi connectivity index (χ0v) is 14.6. The third-order valence-electron chi connectivity index (χ3n) is 3.98. The second-order valence-corrected chi connectivity index (χ2v) is 5.53. The second kappa shape index (κ2) is 7.36. The topological polar surface area (TPSA) is 95.8 Å². The van der Waals surface area contributed by atoms with Crippen LogP contribution in [0.15, 0.2) is 41.9 Å². The van der Waals surface area contributed by atoms with E-state index < -0.39 is 11.9 Å². The van der Waals surface area contributed by atoms with Crippen LogP contribution in [0.2, 0.25) is 0 Å². The number of hydrogen-bond acceptors (Lipinski definition) is 8. The summed E-state index contributed by atoms with van der Waals surface area (Å²) < 4.78 is 16.8. The van der Waals surface area contributed by atoms with Crippen LogP contribution >= 0.6 is 0 Å². The largest absolute Gasteiger partial charge is 0.466 e. The number of ether oxygens (including phenoxy) is 3. The lowest BCUT2D eigenvalue weighted by Gasteiger charge is -2.31. The molecule has 2 aromatic rings.